The number of rotatable bonds is 3. The van der Waals surface area contributed by atoms with Crippen molar-refractivity contribution in [2.24, 2.45) is 5.73 Å². The summed E-state index contributed by atoms with van der Waals surface area (Å²) in [5, 5.41) is 0. The van der Waals surface area contributed by atoms with Crippen LogP contribution in [0.4, 0.5) is 0 Å². The topological polar surface area (TPSA) is 46.3 Å². The Labute approximate surface area is 96.2 Å². The van der Waals surface area contributed by atoms with Crippen LogP contribution < -0.4 is 5.73 Å². The molecule has 0 aliphatic carbocycles. The number of nitrogens with two attached hydrogens (primary N) is 1. The molecule has 1 amide bonds. The first-order valence-corrected chi connectivity index (χ1v) is 5.72. The molecular weight excluding hydrogens is 200 g/mol. The molecule has 16 heavy (non-hydrogen) atoms. The minimum Gasteiger partial charge on any atom is -0.368 e. The van der Waals surface area contributed by atoms with Gasteiger partial charge in [0.15, 0.2) is 0 Å². The number of amides is 1. The van der Waals surface area contributed by atoms with Gasteiger partial charge in [-0.3, -0.25) is 9.69 Å². The van der Waals surface area contributed by atoms with Crippen molar-refractivity contribution in [1.29, 1.82) is 0 Å². The maximum Gasteiger partial charge on any atom is 0.237 e. The maximum atomic E-state index is 11.5. The molecule has 1 atom stereocenters. The molecule has 2 N–H and O–H groups in total. The van der Waals surface area contributed by atoms with E-state index in [1.54, 1.807) is 0 Å². The minimum atomic E-state index is -0.462. The molecule has 1 unspecified atom stereocenters. The second kappa shape index (κ2) is 4.26. The predicted molar refractivity (Wildman–Crippen MR) is 63.7 cm³/mol. The van der Waals surface area contributed by atoms with Gasteiger partial charge >= 0.3 is 0 Å². The zero-order chi connectivity index (χ0) is 11.6. The Morgan fingerprint density at radius 3 is 2.75 bits per heavy atom. The van der Waals surface area contributed by atoms with Gasteiger partial charge in [0.05, 0.1) is 5.54 Å². The van der Waals surface area contributed by atoms with E-state index in [2.05, 4.69) is 17.0 Å². The minimum absolute atomic E-state index is 0.207. The Morgan fingerprint density at radius 2 is 2.12 bits per heavy atom. The van der Waals surface area contributed by atoms with Crippen LogP contribution in [-0.2, 0) is 11.3 Å². The van der Waals surface area contributed by atoms with Crippen molar-refractivity contribution in [2.45, 2.75) is 31.8 Å². The van der Waals surface area contributed by atoms with Crippen LogP contribution in [0.3, 0.4) is 0 Å². The van der Waals surface area contributed by atoms with Crippen LogP contribution in [-0.4, -0.2) is 22.9 Å². The molecule has 1 aliphatic rings. The average molecular weight is 218 g/mol. The van der Waals surface area contributed by atoms with Gasteiger partial charge in [0.1, 0.15) is 0 Å². The third kappa shape index (κ3) is 1.95. The van der Waals surface area contributed by atoms with Crippen molar-refractivity contribution >= 4 is 5.91 Å². The van der Waals surface area contributed by atoms with E-state index in [1.807, 2.05) is 25.1 Å². The zero-order valence-electron chi connectivity index (χ0n) is 9.65. The van der Waals surface area contributed by atoms with Gasteiger partial charge in [-0.25, -0.2) is 0 Å². The molecule has 3 nitrogen and oxygen atoms in total. The lowest BCUT2D eigenvalue weighted by atomic mass is 9.98. The highest BCUT2D eigenvalue weighted by molar-refractivity contribution is 5.84. The van der Waals surface area contributed by atoms with Crippen molar-refractivity contribution < 1.29 is 4.79 Å². The fourth-order valence-electron chi connectivity index (χ4n) is 2.36. The summed E-state index contributed by atoms with van der Waals surface area (Å²) in [7, 11) is 0. The lowest BCUT2D eigenvalue weighted by Crippen LogP contribution is -2.51. The quantitative estimate of drug-likeness (QED) is 0.836. The third-order valence-corrected chi connectivity index (χ3v) is 3.54. The van der Waals surface area contributed by atoms with Gasteiger partial charge in [0.2, 0.25) is 5.91 Å². The van der Waals surface area contributed by atoms with Crippen LogP contribution in [0.2, 0.25) is 0 Å². The largest absolute Gasteiger partial charge is 0.368 e. The molecule has 1 heterocycles. The summed E-state index contributed by atoms with van der Waals surface area (Å²) in [6, 6.07) is 10.2. The summed E-state index contributed by atoms with van der Waals surface area (Å²) >= 11 is 0. The lowest BCUT2D eigenvalue weighted by molar-refractivity contribution is -0.127. The molecule has 0 bridgehead atoms. The summed E-state index contributed by atoms with van der Waals surface area (Å²) < 4.78 is 0. The molecule has 2 rings (SSSR count). The summed E-state index contributed by atoms with van der Waals surface area (Å²) in [6.07, 6.45) is 1.92. The van der Waals surface area contributed by atoms with Crippen LogP contribution in [0.1, 0.15) is 25.3 Å². The molecule has 0 saturated carbocycles. The molecule has 0 spiro atoms. The van der Waals surface area contributed by atoms with Crippen LogP contribution in [0, 0.1) is 0 Å². The van der Waals surface area contributed by atoms with Crippen molar-refractivity contribution in [3.63, 3.8) is 0 Å². The molecule has 3 heteroatoms. The number of nitrogens with zero attached hydrogens (tertiary/aromatic N) is 1. The van der Waals surface area contributed by atoms with Crippen LogP contribution in [0.15, 0.2) is 30.3 Å². The van der Waals surface area contributed by atoms with Crippen molar-refractivity contribution in [2.75, 3.05) is 6.54 Å². The number of primary amides is 1. The van der Waals surface area contributed by atoms with E-state index in [9.17, 15) is 4.79 Å². The highest BCUT2D eigenvalue weighted by Gasteiger charge is 2.41. The van der Waals surface area contributed by atoms with Crippen LogP contribution >= 0.6 is 0 Å². The molecule has 86 valence electrons. The molecule has 1 fully saturated rings. The molecule has 0 aromatic heterocycles. The second-order valence-corrected chi connectivity index (χ2v) is 4.65. The maximum absolute atomic E-state index is 11.5. The molecule has 1 aliphatic heterocycles. The van der Waals surface area contributed by atoms with E-state index < -0.39 is 5.54 Å². The van der Waals surface area contributed by atoms with Gasteiger partial charge in [0.25, 0.3) is 0 Å². The summed E-state index contributed by atoms with van der Waals surface area (Å²) in [4.78, 5) is 13.7. The SMILES string of the molecule is CC1(C(N)=O)CCCN1Cc1ccccc1. The van der Waals surface area contributed by atoms with Gasteiger partial charge in [0, 0.05) is 6.54 Å². The van der Waals surface area contributed by atoms with Crippen LogP contribution in [0.25, 0.3) is 0 Å². The monoisotopic (exact) mass is 218 g/mol. The highest BCUT2D eigenvalue weighted by Crippen LogP contribution is 2.30. The van der Waals surface area contributed by atoms with Crippen molar-refractivity contribution in [1.82, 2.24) is 4.90 Å². The van der Waals surface area contributed by atoms with E-state index in [0.29, 0.717) is 0 Å². The first-order valence-electron chi connectivity index (χ1n) is 5.72. The van der Waals surface area contributed by atoms with E-state index in [-0.39, 0.29) is 5.91 Å². The van der Waals surface area contributed by atoms with Gasteiger partial charge < -0.3 is 5.73 Å². The number of benzene rings is 1. The van der Waals surface area contributed by atoms with Gasteiger partial charge in [-0.1, -0.05) is 30.3 Å². The summed E-state index contributed by atoms with van der Waals surface area (Å²) in [6.45, 7) is 3.71. The second-order valence-electron chi connectivity index (χ2n) is 4.65. The van der Waals surface area contributed by atoms with Gasteiger partial charge in [-0.2, -0.15) is 0 Å². The number of hydrogen-bond acceptors (Lipinski definition) is 2. The number of hydrogen-bond donors (Lipinski definition) is 1. The predicted octanol–water partition coefficient (Wildman–Crippen LogP) is 1.53. The Balaban J connectivity index is 2.13. The van der Waals surface area contributed by atoms with E-state index in [4.69, 9.17) is 5.73 Å². The molecular formula is C13H18N2O. The van der Waals surface area contributed by atoms with Crippen LogP contribution in [0.5, 0.6) is 0 Å². The first-order chi connectivity index (χ1) is 7.63. The summed E-state index contributed by atoms with van der Waals surface area (Å²) in [5.74, 6) is -0.207. The Hall–Kier alpha value is -1.35. The fraction of sp³-hybridized carbons (Fsp3) is 0.462. The van der Waals surface area contributed by atoms with E-state index >= 15 is 0 Å². The number of carbonyl (C=O) groups is 1. The normalized spacial score (nSPS) is 25.8. The Morgan fingerprint density at radius 1 is 1.44 bits per heavy atom. The average Bonchev–Trinajstić information content (AvgIpc) is 2.63. The standard InChI is InChI=1S/C13H18N2O/c1-13(12(14)16)8-5-9-15(13)10-11-6-3-2-4-7-11/h2-4,6-7H,5,8-10H2,1H3,(H2,14,16). The van der Waals surface area contributed by atoms with Crippen molar-refractivity contribution in [3.8, 4) is 0 Å². The smallest absolute Gasteiger partial charge is 0.237 e. The van der Waals surface area contributed by atoms with E-state index in [1.165, 1.54) is 5.56 Å². The fourth-order valence-corrected chi connectivity index (χ4v) is 2.36. The summed E-state index contributed by atoms with van der Waals surface area (Å²) in [5.41, 5.74) is 6.27. The number of likely N-dealkylation sites (tertiary alicyclic amines) is 1. The molecule has 1 aromatic carbocycles. The lowest BCUT2D eigenvalue weighted by Gasteiger charge is -2.32. The zero-order valence-corrected chi connectivity index (χ0v) is 9.65. The molecule has 1 saturated heterocycles. The highest BCUT2D eigenvalue weighted by atomic mass is 16.1. The molecule has 1 aromatic rings. The van der Waals surface area contributed by atoms with Gasteiger partial charge in [-0.15, -0.1) is 0 Å². The van der Waals surface area contributed by atoms with Crippen molar-refractivity contribution in [3.05, 3.63) is 35.9 Å². The Kier molecular flexibility index (Phi) is 2.97. The van der Waals surface area contributed by atoms with E-state index in [0.717, 1.165) is 25.9 Å². The first kappa shape index (κ1) is 11.1. The third-order valence-electron chi connectivity index (χ3n) is 3.54. The van der Waals surface area contributed by atoms with Gasteiger partial charge in [-0.05, 0) is 31.9 Å². The molecule has 0 radical (unpaired) electrons. The number of carbonyl (C=O) groups excluding carboxylic acids is 1. The Bertz CT molecular complexity index is 377.